The Hall–Kier alpha value is -1.48. The molecular weight excluding hydrogens is 410 g/mol. The molecule has 29 heavy (non-hydrogen) atoms. The maximum atomic E-state index is 13.3. The fourth-order valence-corrected chi connectivity index (χ4v) is 6.18. The molecule has 3 aliphatic rings. The van der Waals surface area contributed by atoms with Gasteiger partial charge < -0.3 is 15.0 Å². The lowest BCUT2D eigenvalue weighted by Crippen LogP contribution is -2.44. The molecule has 1 amide bonds. The van der Waals surface area contributed by atoms with Crippen LogP contribution in [0.2, 0.25) is 0 Å². The molecule has 3 aliphatic heterocycles. The van der Waals surface area contributed by atoms with Crippen LogP contribution in [0.15, 0.2) is 6.07 Å². The van der Waals surface area contributed by atoms with E-state index >= 15 is 0 Å². The van der Waals surface area contributed by atoms with Gasteiger partial charge in [-0.1, -0.05) is 0 Å². The minimum absolute atomic E-state index is 0. The Morgan fingerprint density at radius 3 is 2.97 bits per heavy atom. The van der Waals surface area contributed by atoms with Gasteiger partial charge in [-0.05, 0) is 63.7 Å². The fraction of sp³-hybridized carbons (Fsp3) is 0.650. The molecule has 2 N–H and O–H groups in total. The van der Waals surface area contributed by atoms with Crippen molar-refractivity contribution in [2.24, 2.45) is 0 Å². The molecule has 2 aromatic rings. The number of likely N-dealkylation sites (tertiary alicyclic amines) is 1. The largest absolute Gasteiger partial charge is 0.369 e. The van der Waals surface area contributed by atoms with Gasteiger partial charge in [0.15, 0.2) is 5.82 Å². The summed E-state index contributed by atoms with van der Waals surface area (Å²) in [5.41, 5.74) is 1.14. The molecule has 1 atom stereocenters. The van der Waals surface area contributed by atoms with Crippen LogP contribution >= 0.6 is 23.7 Å². The van der Waals surface area contributed by atoms with E-state index in [0.717, 1.165) is 74.9 Å². The molecule has 0 aliphatic carbocycles. The standard InChI is InChI=1S/C20H27N5O2S.ClH/c1-13-22-18(24-23-13)15-3-2-9-25(12-15)19(26)16-11-14-4-10-27-20(17(14)28-16)5-7-21-8-6-20;/h11,15,21H,2-10,12H2,1H3,(H,22,23,24);1H. The van der Waals surface area contributed by atoms with Gasteiger partial charge in [0.1, 0.15) is 11.4 Å². The van der Waals surface area contributed by atoms with Crippen LogP contribution < -0.4 is 5.32 Å². The second kappa shape index (κ2) is 8.34. The molecule has 0 bridgehead atoms. The average molecular weight is 438 g/mol. The number of carbonyl (C=O) groups excluding carboxylic acids is 1. The number of hydrogen-bond donors (Lipinski definition) is 2. The SMILES string of the molecule is Cc1nc(C2CCCN(C(=O)c3cc4c(s3)C3(CCNCC3)OCC4)C2)n[nH]1.Cl. The van der Waals surface area contributed by atoms with E-state index in [1.807, 2.05) is 11.8 Å². The van der Waals surface area contributed by atoms with Crippen molar-refractivity contribution in [3.8, 4) is 0 Å². The van der Waals surface area contributed by atoms with E-state index in [1.54, 1.807) is 11.3 Å². The lowest BCUT2D eigenvalue weighted by atomic mass is 9.86. The van der Waals surface area contributed by atoms with Gasteiger partial charge in [0, 0.05) is 23.9 Å². The summed E-state index contributed by atoms with van der Waals surface area (Å²) in [6.07, 6.45) is 4.92. The summed E-state index contributed by atoms with van der Waals surface area (Å²) in [5.74, 6) is 2.04. The van der Waals surface area contributed by atoms with E-state index in [2.05, 4.69) is 26.6 Å². The van der Waals surface area contributed by atoms with Gasteiger partial charge in [-0.3, -0.25) is 9.89 Å². The number of aryl methyl sites for hydroxylation is 1. The van der Waals surface area contributed by atoms with E-state index in [4.69, 9.17) is 4.74 Å². The Morgan fingerprint density at radius 2 is 2.21 bits per heavy atom. The third-order valence-electron chi connectivity index (χ3n) is 6.28. The Morgan fingerprint density at radius 1 is 1.38 bits per heavy atom. The molecule has 1 spiro atoms. The maximum Gasteiger partial charge on any atom is 0.263 e. The van der Waals surface area contributed by atoms with E-state index in [9.17, 15) is 4.79 Å². The van der Waals surface area contributed by atoms with Crippen LogP contribution in [0.25, 0.3) is 0 Å². The predicted molar refractivity (Wildman–Crippen MR) is 114 cm³/mol. The first-order chi connectivity index (χ1) is 13.6. The third-order valence-corrected chi connectivity index (χ3v) is 7.63. The zero-order valence-electron chi connectivity index (χ0n) is 16.7. The first-order valence-electron chi connectivity index (χ1n) is 10.3. The molecule has 2 fully saturated rings. The number of piperidine rings is 2. The number of fused-ring (bicyclic) bond motifs is 2. The van der Waals surface area contributed by atoms with Crippen LogP contribution in [0.1, 0.15) is 63.4 Å². The number of H-pyrrole nitrogens is 1. The zero-order valence-corrected chi connectivity index (χ0v) is 18.3. The monoisotopic (exact) mass is 437 g/mol. The molecule has 0 radical (unpaired) electrons. The molecule has 2 aromatic heterocycles. The summed E-state index contributed by atoms with van der Waals surface area (Å²) in [7, 11) is 0. The number of hydrogen-bond acceptors (Lipinski definition) is 6. The summed E-state index contributed by atoms with van der Waals surface area (Å²) in [5, 5.41) is 10.7. The van der Waals surface area contributed by atoms with Gasteiger partial charge in [0.2, 0.25) is 0 Å². The van der Waals surface area contributed by atoms with Crippen LogP contribution in [-0.2, 0) is 16.8 Å². The summed E-state index contributed by atoms with van der Waals surface area (Å²) < 4.78 is 6.27. The average Bonchev–Trinajstić information content (AvgIpc) is 3.36. The number of ether oxygens (including phenoxy) is 1. The number of thiophene rings is 1. The van der Waals surface area contributed by atoms with Gasteiger partial charge in [0.25, 0.3) is 5.91 Å². The predicted octanol–water partition coefficient (Wildman–Crippen LogP) is 2.77. The minimum atomic E-state index is -0.178. The van der Waals surface area contributed by atoms with E-state index in [-0.39, 0.29) is 29.8 Å². The molecule has 9 heteroatoms. The van der Waals surface area contributed by atoms with Crippen molar-refractivity contribution in [3.63, 3.8) is 0 Å². The smallest absolute Gasteiger partial charge is 0.263 e. The maximum absolute atomic E-state index is 13.3. The van der Waals surface area contributed by atoms with Crippen molar-refractivity contribution < 1.29 is 9.53 Å². The topological polar surface area (TPSA) is 83.1 Å². The normalized spacial score (nSPS) is 23.5. The number of aromatic amines is 1. The molecule has 0 saturated carbocycles. The summed E-state index contributed by atoms with van der Waals surface area (Å²) >= 11 is 1.66. The van der Waals surface area contributed by atoms with Crippen LogP contribution in [0.4, 0.5) is 0 Å². The highest BCUT2D eigenvalue weighted by molar-refractivity contribution is 7.14. The van der Waals surface area contributed by atoms with E-state index in [0.29, 0.717) is 6.54 Å². The van der Waals surface area contributed by atoms with Crippen molar-refractivity contribution in [3.05, 3.63) is 33.0 Å². The van der Waals surface area contributed by atoms with Gasteiger partial charge in [0.05, 0.1) is 11.5 Å². The zero-order chi connectivity index (χ0) is 19.1. The van der Waals surface area contributed by atoms with E-state index < -0.39 is 0 Å². The number of amides is 1. The lowest BCUT2D eigenvalue weighted by Gasteiger charge is -2.40. The highest BCUT2D eigenvalue weighted by Crippen LogP contribution is 2.44. The molecular formula is C20H28ClN5O2S. The number of rotatable bonds is 2. The van der Waals surface area contributed by atoms with Crippen LogP contribution in [0, 0.1) is 6.92 Å². The second-order valence-corrected chi connectivity index (χ2v) is 9.23. The third kappa shape index (κ3) is 3.83. The Balaban J connectivity index is 0.00000205. The summed E-state index contributed by atoms with van der Waals surface area (Å²) in [6, 6.07) is 2.13. The Bertz CT molecular complexity index is 876. The minimum Gasteiger partial charge on any atom is -0.369 e. The van der Waals surface area contributed by atoms with Gasteiger partial charge in [-0.25, -0.2) is 4.98 Å². The van der Waals surface area contributed by atoms with Gasteiger partial charge in [-0.15, -0.1) is 23.7 Å². The number of carbonyl (C=O) groups is 1. The van der Waals surface area contributed by atoms with E-state index in [1.165, 1.54) is 10.4 Å². The van der Waals surface area contributed by atoms with Crippen LogP contribution in [-0.4, -0.2) is 58.8 Å². The number of nitrogens with zero attached hydrogens (tertiary/aromatic N) is 3. The van der Waals surface area contributed by atoms with Crippen LogP contribution in [0.3, 0.4) is 0 Å². The number of halogens is 1. The van der Waals surface area contributed by atoms with Crippen molar-refractivity contribution in [1.29, 1.82) is 0 Å². The molecule has 2 saturated heterocycles. The van der Waals surface area contributed by atoms with Crippen molar-refractivity contribution in [1.82, 2.24) is 25.4 Å². The first kappa shape index (κ1) is 20.8. The number of nitrogens with one attached hydrogen (secondary N) is 2. The molecule has 1 unspecified atom stereocenters. The molecule has 0 aromatic carbocycles. The first-order valence-corrected chi connectivity index (χ1v) is 11.1. The van der Waals surface area contributed by atoms with Gasteiger partial charge >= 0.3 is 0 Å². The van der Waals surface area contributed by atoms with Crippen LogP contribution in [0.5, 0.6) is 0 Å². The lowest BCUT2D eigenvalue weighted by molar-refractivity contribution is -0.0771. The highest BCUT2D eigenvalue weighted by atomic mass is 35.5. The molecule has 7 nitrogen and oxygen atoms in total. The highest BCUT2D eigenvalue weighted by Gasteiger charge is 2.41. The van der Waals surface area contributed by atoms with Gasteiger partial charge in [-0.2, -0.15) is 5.10 Å². The molecule has 5 rings (SSSR count). The quantitative estimate of drug-likeness (QED) is 0.754. The van der Waals surface area contributed by atoms with Crippen molar-refractivity contribution >= 4 is 29.7 Å². The second-order valence-electron chi connectivity index (χ2n) is 8.18. The fourth-order valence-electron chi connectivity index (χ4n) is 4.80. The van der Waals surface area contributed by atoms with Crippen molar-refractivity contribution in [2.75, 3.05) is 32.8 Å². The van der Waals surface area contributed by atoms with Crippen molar-refractivity contribution in [2.45, 2.75) is 50.5 Å². The summed E-state index contributed by atoms with van der Waals surface area (Å²) in [4.78, 5) is 21.9. The molecule has 158 valence electrons. The number of aromatic nitrogens is 3. The Kier molecular flexibility index (Phi) is 5.97. The Labute approximate surface area is 181 Å². The summed E-state index contributed by atoms with van der Waals surface area (Å²) in [6.45, 7) is 6.14. The molecule has 5 heterocycles.